The van der Waals surface area contributed by atoms with Crippen LogP contribution in [0, 0.1) is 6.92 Å². The number of aryl methyl sites for hydroxylation is 1. The minimum absolute atomic E-state index is 0.683. The fraction of sp³-hybridized carbons (Fsp3) is 0.0169. The van der Waals surface area contributed by atoms with Crippen molar-refractivity contribution >= 4 is 76.2 Å². The third kappa shape index (κ3) is 6.23. The Kier molecular flexibility index (Phi) is 8.68. The molecule has 296 valence electrons. The van der Waals surface area contributed by atoms with Crippen LogP contribution in [0.15, 0.2) is 217 Å². The van der Waals surface area contributed by atoms with Crippen LogP contribution in [-0.4, -0.2) is 15.0 Å². The second-order valence-electron chi connectivity index (χ2n) is 16.2. The van der Waals surface area contributed by atoms with E-state index in [1.165, 1.54) is 76.4 Å². The van der Waals surface area contributed by atoms with Gasteiger partial charge in [-0.2, -0.15) is 0 Å². The molecule has 63 heavy (non-hydrogen) atoms. The second-order valence-corrected chi connectivity index (χ2v) is 16.2. The Labute approximate surface area is 363 Å². The molecule has 0 radical (unpaired) electrons. The fourth-order valence-corrected chi connectivity index (χ4v) is 9.43. The summed E-state index contributed by atoms with van der Waals surface area (Å²) in [5.41, 5.74) is 13.5. The largest absolute Gasteiger partial charge is 0.452 e. The van der Waals surface area contributed by atoms with Crippen molar-refractivity contribution in [3.05, 3.63) is 218 Å². The number of nitrogens with one attached hydrogen (secondary N) is 1. The molecule has 13 aromatic rings. The molecule has 0 aliphatic rings. The van der Waals surface area contributed by atoms with Crippen LogP contribution in [-0.2, 0) is 0 Å². The summed E-state index contributed by atoms with van der Waals surface area (Å²) in [5.74, 6) is 0.683. The Morgan fingerprint density at radius 1 is 0.381 bits per heavy atom. The number of aromatic nitrogens is 3. The summed E-state index contributed by atoms with van der Waals surface area (Å²) in [4.78, 5) is 13.7. The van der Waals surface area contributed by atoms with Crippen LogP contribution in [0.25, 0.3) is 121 Å². The molecule has 0 aliphatic carbocycles. The van der Waals surface area contributed by atoms with Gasteiger partial charge in [0.1, 0.15) is 16.8 Å². The summed E-state index contributed by atoms with van der Waals surface area (Å²) in [6, 6.07) is 74.5. The fourth-order valence-electron chi connectivity index (χ4n) is 9.43. The molecule has 0 aliphatic heterocycles. The molecule has 0 saturated carbocycles. The SMILES string of the molecule is Cc1cc2c3ccccc3c3ccccc3c2cc1-c1cccc2oc3c(-c4ccccc4)nc(-c4ccccc4)nc3c12.c1ccc(-c2ccc3[nH]c4ccccc4c3c2)cc1. The molecule has 3 aromatic heterocycles. The van der Waals surface area contributed by atoms with Crippen LogP contribution >= 0.6 is 0 Å². The maximum Gasteiger partial charge on any atom is 0.180 e. The molecule has 0 atom stereocenters. The highest BCUT2D eigenvalue weighted by atomic mass is 16.3. The zero-order chi connectivity index (χ0) is 41.9. The number of hydrogen-bond donors (Lipinski definition) is 1. The van der Waals surface area contributed by atoms with Gasteiger partial charge in [-0.05, 0) is 97.4 Å². The van der Waals surface area contributed by atoms with Gasteiger partial charge in [0.15, 0.2) is 11.4 Å². The number of hydrogen-bond acceptors (Lipinski definition) is 3. The van der Waals surface area contributed by atoms with E-state index in [0.717, 1.165) is 38.9 Å². The van der Waals surface area contributed by atoms with Gasteiger partial charge in [0.2, 0.25) is 0 Å². The first kappa shape index (κ1) is 36.5. The highest BCUT2D eigenvalue weighted by molar-refractivity contribution is 6.26. The maximum absolute atomic E-state index is 6.62. The van der Waals surface area contributed by atoms with E-state index in [4.69, 9.17) is 14.4 Å². The number of benzene rings is 10. The van der Waals surface area contributed by atoms with Crippen LogP contribution in [0.4, 0.5) is 0 Å². The number of furan rings is 1. The van der Waals surface area contributed by atoms with Crippen LogP contribution in [0.1, 0.15) is 5.56 Å². The minimum Gasteiger partial charge on any atom is -0.452 e. The Balaban J connectivity index is 0.000000184. The first-order chi connectivity index (χ1) is 31.2. The monoisotopic (exact) mass is 805 g/mol. The van der Waals surface area contributed by atoms with Gasteiger partial charge >= 0.3 is 0 Å². The predicted octanol–water partition coefficient (Wildman–Crippen LogP) is 16.1. The van der Waals surface area contributed by atoms with Crippen molar-refractivity contribution in [2.24, 2.45) is 0 Å². The maximum atomic E-state index is 6.62. The Morgan fingerprint density at radius 3 is 1.62 bits per heavy atom. The summed E-state index contributed by atoms with van der Waals surface area (Å²) in [6.45, 7) is 2.21. The van der Waals surface area contributed by atoms with Gasteiger partial charge in [0.05, 0.1) is 5.39 Å². The van der Waals surface area contributed by atoms with E-state index in [0.29, 0.717) is 11.4 Å². The normalized spacial score (nSPS) is 11.6. The van der Waals surface area contributed by atoms with Gasteiger partial charge < -0.3 is 9.40 Å². The van der Waals surface area contributed by atoms with E-state index in [1.54, 1.807) is 0 Å². The molecule has 0 amide bonds. The summed E-state index contributed by atoms with van der Waals surface area (Å²) in [7, 11) is 0. The molecule has 0 bridgehead atoms. The van der Waals surface area contributed by atoms with E-state index >= 15 is 0 Å². The molecule has 4 heteroatoms. The third-order valence-electron chi connectivity index (χ3n) is 12.4. The molecule has 10 aromatic carbocycles. The van der Waals surface area contributed by atoms with Crippen LogP contribution in [0.3, 0.4) is 0 Å². The van der Waals surface area contributed by atoms with Gasteiger partial charge in [-0.25, -0.2) is 9.97 Å². The zero-order valence-corrected chi connectivity index (χ0v) is 34.5. The van der Waals surface area contributed by atoms with Crippen molar-refractivity contribution in [2.75, 3.05) is 0 Å². The molecule has 0 unspecified atom stereocenters. The highest BCUT2D eigenvalue weighted by Gasteiger charge is 2.22. The second kappa shape index (κ2) is 15.0. The lowest BCUT2D eigenvalue weighted by molar-refractivity contribution is 0.667. The average Bonchev–Trinajstić information content (AvgIpc) is 3.93. The van der Waals surface area contributed by atoms with Crippen molar-refractivity contribution in [3.8, 4) is 44.9 Å². The Bertz CT molecular complexity index is 3850. The predicted molar refractivity (Wildman–Crippen MR) is 264 cm³/mol. The number of aromatic amines is 1. The summed E-state index contributed by atoms with van der Waals surface area (Å²) in [6.07, 6.45) is 0. The minimum atomic E-state index is 0.683. The first-order valence-corrected chi connectivity index (χ1v) is 21.4. The van der Waals surface area contributed by atoms with Crippen molar-refractivity contribution in [1.29, 1.82) is 0 Å². The lowest BCUT2D eigenvalue weighted by atomic mass is 9.89. The lowest BCUT2D eigenvalue weighted by Gasteiger charge is -2.15. The molecule has 1 N–H and O–H groups in total. The third-order valence-corrected chi connectivity index (χ3v) is 12.4. The van der Waals surface area contributed by atoms with Crippen LogP contribution in [0.5, 0.6) is 0 Å². The number of H-pyrrole nitrogens is 1. The van der Waals surface area contributed by atoms with Crippen molar-refractivity contribution < 1.29 is 4.42 Å². The molecule has 13 rings (SSSR count). The Hall–Kier alpha value is -8.34. The number of nitrogens with zero attached hydrogens (tertiary/aromatic N) is 2. The van der Waals surface area contributed by atoms with Crippen LogP contribution < -0.4 is 0 Å². The standard InChI is InChI=1S/C41H26N2O.C18H13N/c1-25-23-34-30-19-10-8-17-28(30)29-18-9-11-20-31(29)35(34)24-33(25)32-21-12-22-36-37(32)39-40(44-36)38(26-13-4-2-5-14-26)42-41(43-39)27-15-6-3-7-16-27;1-2-6-13(7-3-1)14-10-11-18-16(12-14)15-8-4-5-9-17(15)19-18/h2-24H,1H3;1-12,19H. The molecule has 0 spiro atoms. The summed E-state index contributed by atoms with van der Waals surface area (Å²) >= 11 is 0. The molecular formula is C59H39N3O. The summed E-state index contributed by atoms with van der Waals surface area (Å²) in [5, 5.41) is 11.2. The van der Waals surface area contributed by atoms with E-state index in [2.05, 4.69) is 176 Å². The number of para-hydroxylation sites is 1. The molecule has 4 nitrogen and oxygen atoms in total. The molecular weight excluding hydrogens is 767 g/mol. The van der Waals surface area contributed by atoms with E-state index in [-0.39, 0.29) is 0 Å². The molecule has 0 saturated heterocycles. The van der Waals surface area contributed by atoms with E-state index in [1.807, 2.05) is 48.5 Å². The quantitative estimate of drug-likeness (QED) is 0.180. The van der Waals surface area contributed by atoms with Gasteiger partial charge in [0, 0.05) is 32.9 Å². The lowest BCUT2D eigenvalue weighted by Crippen LogP contribution is -1.94. The van der Waals surface area contributed by atoms with Crippen molar-refractivity contribution in [2.45, 2.75) is 6.92 Å². The van der Waals surface area contributed by atoms with Gasteiger partial charge in [0.25, 0.3) is 0 Å². The Morgan fingerprint density at radius 2 is 0.937 bits per heavy atom. The average molecular weight is 806 g/mol. The van der Waals surface area contributed by atoms with Crippen molar-refractivity contribution in [1.82, 2.24) is 15.0 Å². The topological polar surface area (TPSA) is 54.7 Å². The van der Waals surface area contributed by atoms with Gasteiger partial charge in [-0.15, -0.1) is 0 Å². The van der Waals surface area contributed by atoms with Gasteiger partial charge in [-0.3, -0.25) is 0 Å². The van der Waals surface area contributed by atoms with E-state index < -0.39 is 0 Å². The molecule has 0 fully saturated rings. The smallest absolute Gasteiger partial charge is 0.180 e. The number of fused-ring (bicyclic) bond motifs is 12. The van der Waals surface area contributed by atoms with Crippen molar-refractivity contribution in [3.63, 3.8) is 0 Å². The van der Waals surface area contributed by atoms with Gasteiger partial charge in [-0.1, -0.05) is 182 Å². The van der Waals surface area contributed by atoms with Crippen LogP contribution in [0.2, 0.25) is 0 Å². The first-order valence-electron chi connectivity index (χ1n) is 21.4. The summed E-state index contributed by atoms with van der Waals surface area (Å²) < 4.78 is 6.62. The zero-order valence-electron chi connectivity index (χ0n) is 34.5. The highest BCUT2D eigenvalue weighted by Crippen LogP contribution is 2.44. The number of rotatable bonds is 4. The molecule has 3 heterocycles. The van der Waals surface area contributed by atoms with E-state index in [9.17, 15) is 0 Å².